The number of methoxy groups -OCH3 is 1. The molecule has 2 aromatic carbocycles. The van der Waals surface area contributed by atoms with Crippen LogP contribution in [0.1, 0.15) is 18.7 Å². The van der Waals surface area contributed by atoms with Crippen molar-refractivity contribution in [2.45, 2.75) is 24.3 Å². The quantitative estimate of drug-likeness (QED) is 0.353. The van der Waals surface area contributed by atoms with Gasteiger partial charge in [0.05, 0.1) is 13.7 Å². The van der Waals surface area contributed by atoms with E-state index in [0.29, 0.717) is 18.1 Å². The standard InChI is InChI=1S/C21H22ClN3O3S/c1-25(20(26)7-4-12-29-18-10-8-16(22)9-11-18)14-19-23-21(24-28-19)15-5-3-6-17(13-15)27-2/h3,5-6,8-11,13H,4,7,12,14H2,1-2H3. The predicted molar refractivity (Wildman–Crippen MR) is 114 cm³/mol. The van der Waals surface area contributed by atoms with Crippen LogP contribution in [0.25, 0.3) is 11.4 Å². The fourth-order valence-corrected chi connectivity index (χ4v) is 3.60. The molecule has 0 saturated carbocycles. The van der Waals surface area contributed by atoms with E-state index in [-0.39, 0.29) is 12.5 Å². The molecular formula is C21H22ClN3O3S. The molecule has 1 heterocycles. The smallest absolute Gasteiger partial charge is 0.246 e. The molecule has 0 aliphatic rings. The number of rotatable bonds is 9. The van der Waals surface area contributed by atoms with Gasteiger partial charge in [-0.2, -0.15) is 4.98 Å². The first-order valence-corrected chi connectivity index (χ1v) is 10.5. The molecular weight excluding hydrogens is 410 g/mol. The van der Waals surface area contributed by atoms with E-state index >= 15 is 0 Å². The van der Waals surface area contributed by atoms with Gasteiger partial charge in [-0.3, -0.25) is 4.79 Å². The predicted octanol–water partition coefficient (Wildman–Crippen LogP) is 4.93. The van der Waals surface area contributed by atoms with Crippen LogP contribution in [0.3, 0.4) is 0 Å². The average Bonchev–Trinajstić information content (AvgIpc) is 3.21. The number of benzene rings is 2. The highest BCUT2D eigenvalue weighted by atomic mass is 35.5. The van der Waals surface area contributed by atoms with E-state index in [1.807, 2.05) is 48.5 Å². The SMILES string of the molecule is COc1cccc(-c2noc(CN(C)C(=O)CCCSc3ccc(Cl)cc3)n2)c1. The molecule has 6 nitrogen and oxygen atoms in total. The molecule has 0 atom stereocenters. The number of hydrogen-bond donors (Lipinski definition) is 0. The maximum atomic E-state index is 12.4. The Bertz CT molecular complexity index is 946. The number of hydrogen-bond acceptors (Lipinski definition) is 6. The van der Waals surface area contributed by atoms with Gasteiger partial charge in [-0.05, 0) is 48.6 Å². The van der Waals surface area contributed by atoms with E-state index in [1.165, 1.54) is 0 Å². The van der Waals surface area contributed by atoms with E-state index in [2.05, 4.69) is 10.1 Å². The van der Waals surface area contributed by atoms with Crippen molar-refractivity contribution in [2.75, 3.05) is 19.9 Å². The number of thioether (sulfide) groups is 1. The molecule has 1 amide bonds. The van der Waals surface area contributed by atoms with Crippen molar-refractivity contribution in [1.82, 2.24) is 15.0 Å². The van der Waals surface area contributed by atoms with Crippen molar-refractivity contribution in [3.63, 3.8) is 0 Å². The molecule has 8 heteroatoms. The number of aromatic nitrogens is 2. The van der Waals surface area contributed by atoms with Crippen LogP contribution >= 0.6 is 23.4 Å². The van der Waals surface area contributed by atoms with Crippen molar-refractivity contribution in [3.05, 3.63) is 59.4 Å². The summed E-state index contributed by atoms with van der Waals surface area (Å²) in [5.74, 6) is 2.50. The second kappa shape index (κ2) is 10.3. The number of ether oxygens (including phenoxy) is 1. The van der Waals surface area contributed by atoms with Crippen LogP contribution in [-0.2, 0) is 11.3 Å². The van der Waals surface area contributed by atoms with Crippen LogP contribution < -0.4 is 4.74 Å². The molecule has 0 unspecified atom stereocenters. The lowest BCUT2D eigenvalue weighted by molar-refractivity contribution is -0.130. The third-order valence-electron chi connectivity index (χ3n) is 4.21. The Morgan fingerprint density at radius 2 is 2.03 bits per heavy atom. The van der Waals surface area contributed by atoms with Crippen molar-refractivity contribution < 1.29 is 14.1 Å². The number of amides is 1. The number of halogens is 1. The van der Waals surface area contributed by atoms with Gasteiger partial charge < -0.3 is 14.2 Å². The highest BCUT2D eigenvalue weighted by Gasteiger charge is 2.15. The minimum atomic E-state index is 0.0443. The van der Waals surface area contributed by atoms with Crippen LogP contribution in [0.15, 0.2) is 57.9 Å². The van der Waals surface area contributed by atoms with Crippen LogP contribution in [-0.4, -0.2) is 40.9 Å². The Morgan fingerprint density at radius 3 is 2.79 bits per heavy atom. The summed E-state index contributed by atoms with van der Waals surface area (Å²) >= 11 is 7.59. The number of carbonyl (C=O) groups excluding carboxylic acids is 1. The van der Waals surface area contributed by atoms with Gasteiger partial charge in [0, 0.05) is 29.0 Å². The molecule has 0 radical (unpaired) electrons. The van der Waals surface area contributed by atoms with Gasteiger partial charge in [-0.25, -0.2) is 0 Å². The van der Waals surface area contributed by atoms with E-state index in [9.17, 15) is 4.79 Å². The minimum absolute atomic E-state index is 0.0443. The molecule has 0 aliphatic carbocycles. The maximum absolute atomic E-state index is 12.4. The molecule has 1 aromatic heterocycles. The topological polar surface area (TPSA) is 68.5 Å². The normalized spacial score (nSPS) is 10.7. The van der Waals surface area contributed by atoms with E-state index in [1.54, 1.807) is 30.8 Å². The lowest BCUT2D eigenvalue weighted by atomic mass is 10.2. The van der Waals surface area contributed by atoms with Crippen molar-refractivity contribution >= 4 is 29.3 Å². The van der Waals surface area contributed by atoms with Gasteiger partial charge in [-0.15, -0.1) is 11.8 Å². The molecule has 3 rings (SSSR count). The third kappa shape index (κ3) is 6.24. The molecule has 0 fully saturated rings. The fraction of sp³-hybridized carbons (Fsp3) is 0.286. The number of nitrogens with zero attached hydrogens (tertiary/aromatic N) is 3. The van der Waals surface area contributed by atoms with E-state index in [4.69, 9.17) is 20.9 Å². The Kier molecular flexibility index (Phi) is 7.55. The Hall–Kier alpha value is -2.51. The summed E-state index contributed by atoms with van der Waals surface area (Å²) in [7, 11) is 3.35. The summed E-state index contributed by atoms with van der Waals surface area (Å²) in [5, 5.41) is 4.72. The number of carbonyl (C=O) groups is 1. The first-order valence-electron chi connectivity index (χ1n) is 9.14. The van der Waals surface area contributed by atoms with E-state index < -0.39 is 0 Å². The lowest BCUT2D eigenvalue weighted by Gasteiger charge is -2.14. The average molecular weight is 432 g/mol. The first-order chi connectivity index (χ1) is 14.0. The molecule has 0 aliphatic heterocycles. The molecule has 152 valence electrons. The Balaban J connectivity index is 1.45. The maximum Gasteiger partial charge on any atom is 0.246 e. The summed E-state index contributed by atoms with van der Waals surface area (Å²) in [6.07, 6.45) is 1.25. The van der Waals surface area contributed by atoms with Gasteiger partial charge in [-0.1, -0.05) is 28.9 Å². The van der Waals surface area contributed by atoms with Crippen molar-refractivity contribution in [3.8, 4) is 17.1 Å². The molecule has 3 aromatic rings. The second-order valence-electron chi connectivity index (χ2n) is 6.40. The molecule has 29 heavy (non-hydrogen) atoms. The van der Waals surface area contributed by atoms with Crippen LogP contribution in [0, 0.1) is 0 Å². The highest BCUT2D eigenvalue weighted by Crippen LogP contribution is 2.23. The highest BCUT2D eigenvalue weighted by molar-refractivity contribution is 7.99. The van der Waals surface area contributed by atoms with Gasteiger partial charge in [0.25, 0.3) is 0 Å². The summed E-state index contributed by atoms with van der Waals surface area (Å²) < 4.78 is 10.5. The molecule has 0 saturated heterocycles. The third-order valence-corrected chi connectivity index (χ3v) is 5.56. The zero-order valence-corrected chi connectivity index (χ0v) is 17.9. The summed E-state index contributed by atoms with van der Waals surface area (Å²) in [6, 6.07) is 15.1. The zero-order chi connectivity index (χ0) is 20.6. The molecule has 0 N–H and O–H groups in total. The fourth-order valence-electron chi connectivity index (χ4n) is 2.62. The van der Waals surface area contributed by atoms with Gasteiger partial charge in [0.1, 0.15) is 5.75 Å². The monoisotopic (exact) mass is 431 g/mol. The Labute approximate surface area is 179 Å². The zero-order valence-electron chi connectivity index (χ0n) is 16.3. The van der Waals surface area contributed by atoms with E-state index in [0.717, 1.165) is 33.4 Å². The summed E-state index contributed by atoms with van der Waals surface area (Å²) in [6.45, 7) is 0.278. The largest absolute Gasteiger partial charge is 0.497 e. The molecule has 0 bridgehead atoms. The van der Waals surface area contributed by atoms with Crippen LogP contribution in [0.5, 0.6) is 5.75 Å². The van der Waals surface area contributed by atoms with Gasteiger partial charge in [0.15, 0.2) is 0 Å². The summed E-state index contributed by atoms with van der Waals surface area (Å²) in [4.78, 5) is 19.5. The van der Waals surface area contributed by atoms with Crippen molar-refractivity contribution in [2.24, 2.45) is 0 Å². The summed E-state index contributed by atoms with van der Waals surface area (Å²) in [5.41, 5.74) is 0.799. The first kappa shape index (κ1) is 21.2. The second-order valence-corrected chi connectivity index (χ2v) is 8.00. The van der Waals surface area contributed by atoms with Gasteiger partial charge >= 0.3 is 0 Å². The van der Waals surface area contributed by atoms with Crippen LogP contribution in [0.2, 0.25) is 5.02 Å². The van der Waals surface area contributed by atoms with Gasteiger partial charge in [0.2, 0.25) is 17.6 Å². The Morgan fingerprint density at radius 1 is 1.24 bits per heavy atom. The molecule has 0 spiro atoms. The minimum Gasteiger partial charge on any atom is -0.497 e. The lowest BCUT2D eigenvalue weighted by Crippen LogP contribution is -2.26. The van der Waals surface area contributed by atoms with Crippen LogP contribution in [0.4, 0.5) is 0 Å². The van der Waals surface area contributed by atoms with Crippen molar-refractivity contribution in [1.29, 1.82) is 0 Å².